The molecule has 4 nitrogen and oxygen atoms in total. The third-order valence-corrected chi connectivity index (χ3v) is 3.59. The fraction of sp³-hybridized carbons (Fsp3) is 0.417. The van der Waals surface area contributed by atoms with Crippen LogP contribution in [0, 0.1) is 0 Å². The van der Waals surface area contributed by atoms with E-state index in [4.69, 9.17) is 11.6 Å². The van der Waals surface area contributed by atoms with Crippen molar-refractivity contribution >= 4 is 17.1 Å². The summed E-state index contributed by atoms with van der Waals surface area (Å²) in [6, 6.07) is 3.43. The first kappa shape index (κ1) is 10.9. The van der Waals surface area contributed by atoms with Gasteiger partial charge in [0.05, 0.1) is 11.7 Å². The topological polar surface area (TPSA) is 49.6 Å². The van der Waals surface area contributed by atoms with Crippen LogP contribution in [0.15, 0.2) is 18.3 Å². The molecule has 1 aliphatic heterocycles. The van der Waals surface area contributed by atoms with Crippen molar-refractivity contribution < 1.29 is 5.11 Å². The minimum absolute atomic E-state index is 0.238. The van der Waals surface area contributed by atoms with Crippen LogP contribution >= 0.6 is 11.6 Å². The van der Waals surface area contributed by atoms with Gasteiger partial charge in [-0.05, 0) is 38.1 Å². The molecule has 0 radical (unpaired) electrons. The van der Waals surface area contributed by atoms with E-state index in [9.17, 15) is 5.11 Å². The summed E-state index contributed by atoms with van der Waals surface area (Å²) in [5.41, 5.74) is 0.859. The molecule has 1 fully saturated rings. The molecule has 2 N–H and O–H groups in total. The molecule has 2 aromatic rings. The third-order valence-electron chi connectivity index (χ3n) is 3.31. The van der Waals surface area contributed by atoms with Crippen LogP contribution in [0.5, 0.6) is 5.75 Å². The van der Waals surface area contributed by atoms with Gasteiger partial charge in [-0.15, -0.1) is 0 Å². The molecule has 1 aliphatic rings. The monoisotopic (exact) mass is 251 g/mol. The van der Waals surface area contributed by atoms with Gasteiger partial charge in [-0.2, -0.15) is 0 Å². The van der Waals surface area contributed by atoms with E-state index in [1.54, 1.807) is 18.3 Å². The first-order valence-corrected chi connectivity index (χ1v) is 6.20. The predicted octanol–water partition coefficient (Wildman–Crippen LogP) is 2.16. The Balaban J connectivity index is 2.11. The summed E-state index contributed by atoms with van der Waals surface area (Å²) in [5.74, 6) is 1.61. The maximum absolute atomic E-state index is 9.56. The fourth-order valence-corrected chi connectivity index (χ4v) is 2.67. The Kier molecular flexibility index (Phi) is 2.68. The molecule has 3 rings (SSSR count). The lowest BCUT2D eigenvalue weighted by Crippen LogP contribution is -2.27. The molecule has 90 valence electrons. The number of halogens is 1. The third kappa shape index (κ3) is 1.87. The second-order valence-electron chi connectivity index (χ2n) is 4.43. The van der Waals surface area contributed by atoms with Crippen molar-refractivity contribution in [2.75, 3.05) is 13.1 Å². The van der Waals surface area contributed by atoms with Gasteiger partial charge in [0.25, 0.3) is 0 Å². The van der Waals surface area contributed by atoms with E-state index in [1.165, 1.54) is 0 Å². The van der Waals surface area contributed by atoms with Crippen LogP contribution in [0.25, 0.3) is 5.52 Å². The first-order valence-electron chi connectivity index (χ1n) is 5.83. The largest absolute Gasteiger partial charge is 0.506 e. The minimum atomic E-state index is 0.238. The first-order chi connectivity index (χ1) is 8.25. The lowest BCUT2D eigenvalue weighted by atomic mass is 9.97. The molecule has 2 aromatic heterocycles. The molecule has 0 saturated carbocycles. The van der Waals surface area contributed by atoms with E-state index in [-0.39, 0.29) is 5.75 Å². The average molecular weight is 252 g/mol. The highest BCUT2D eigenvalue weighted by Crippen LogP contribution is 2.29. The van der Waals surface area contributed by atoms with Crippen molar-refractivity contribution in [2.45, 2.75) is 18.8 Å². The molecule has 5 heteroatoms. The molecular formula is C12H14ClN3O. The van der Waals surface area contributed by atoms with Crippen molar-refractivity contribution in [3.63, 3.8) is 0 Å². The molecule has 0 atom stereocenters. The number of aromatic nitrogens is 2. The highest BCUT2D eigenvalue weighted by Gasteiger charge is 2.21. The Morgan fingerprint density at radius 2 is 2.12 bits per heavy atom. The highest BCUT2D eigenvalue weighted by molar-refractivity contribution is 6.32. The molecule has 3 heterocycles. The second kappa shape index (κ2) is 4.20. The molecule has 0 amide bonds. The number of hydrogen-bond donors (Lipinski definition) is 2. The van der Waals surface area contributed by atoms with Gasteiger partial charge in [0.2, 0.25) is 0 Å². The van der Waals surface area contributed by atoms with E-state index < -0.39 is 0 Å². The van der Waals surface area contributed by atoms with Gasteiger partial charge in [0.1, 0.15) is 11.6 Å². The number of aromatic hydroxyl groups is 1. The van der Waals surface area contributed by atoms with Crippen molar-refractivity contribution in [3.05, 3.63) is 29.3 Å². The zero-order chi connectivity index (χ0) is 11.8. The van der Waals surface area contributed by atoms with E-state index >= 15 is 0 Å². The number of fused-ring (bicyclic) bond motifs is 1. The second-order valence-corrected chi connectivity index (χ2v) is 4.79. The van der Waals surface area contributed by atoms with Crippen molar-refractivity contribution in [1.82, 2.24) is 14.7 Å². The molecular weight excluding hydrogens is 238 g/mol. The summed E-state index contributed by atoms with van der Waals surface area (Å²) in [6.07, 6.45) is 3.81. The van der Waals surface area contributed by atoms with Gasteiger partial charge < -0.3 is 10.4 Å². The summed E-state index contributed by atoms with van der Waals surface area (Å²) in [4.78, 5) is 4.44. The van der Waals surface area contributed by atoms with Crippen LogP contribution < -0.4 is 5.32 Å². The van der Waals surface area contributed by atoms with E-state index in [1.807, 2.05) is 4.40 Å². The number of rotatable bonds is 1. The molecule has 1 saturated heterocycles. The van der Waals surface area contributed by atoms with E-state index in [2.05, 4.69) is 10.3 Å². The van der Waals surface area contributed by atoms with Crippen LogP contribution in [0.2, 0.25) is 5.15 Å². The fourth-order valence-electron chi connectivity index (χ4n) is 2.43. The van der Waals surface area contributed by atoms with Crippen LogP contribution in [-0.2, 0) is 0 Å². The van der Waals surface area contributed by atoms with Crippen LogP contribution in [0.1, 0.15) is 24.6 Å². The van der Waals surface area contributed by atoms with E-state index in [0.717, 1.165) is 37.3 Å². The van der Waals surface area contributed by atoms with Gasteiger partial charge in [0, 0.05) is 5.92 Å². The zero-order valence-corrected chi connectivity index (χ0v) is 10.1. The SMILES string of the molecule is Oc1ccc2c(Cl)nc(C3CCNCC3)n2c1. The molecule has 0 aromatic carbocycles. The lowest BCUT2D eigenvalue weighted by molar-refractivity contribution is 0.441. The Labute approximate surface area is 104 Å². The van der Waals surface area contributed by atoms with Crippen molar-refractivity contribution in [3.8, 4) is 5.75 Å². The summed E-state index contributed by atoms with van der Waals surface area (Å²) >= 11 is 6.12. The van der Waals surface area contributed by atoms with Gasteiger partial charge >= 0.3 is 0 Å². The van der Waals surface area contributed by atoms with Crippen LogP contribution in [0.4, 0.5) is 0 Å². The lowest BCUT2D eigenvalue weighted by Gasteiger charge is -2.21. The summed E-state index contributed by atoms with van der Waals surface area (Å²) in [7, 11) is 0. The predicted molar refractivity (Wildman–Crippen MR) is 66.7 cm³/mol. The summed E-state index contributed by atoms with van der Waals surface area (Å²) in [6.45, 7) is 2.02. The molecule has 17 heavy (non-hydrogen) atoms. The molecule has 0 unspecified atom stereocenters. The quantitative estimate of drug-likeness (QED) is 0.817. The number of nitrogens with one attached hydrogen (secondary N) is 1. The number of nitrogens with zero attached hydrogens (tertiary/aromatic N) is 2. The maximum Gasteiger partial charge on any atom is 0.155 e. The van der Waals surface area contributed by atoms with Crippen LogP contribution in [0.3, 0.4) is 0 Å². The number of hydrogen-bond acceptors (Lipinski definition) is 3. The molecule has 0 spiro atoms. The Morgan fingerprint density at radius 1 is 1.35 bits per heavy atom. The number of imidazole rings is 1. The smallest absolute Gasteiger partial charge is 0.155 e. The highest BCUT2D eigenvalue weighted by atomic mass is 35.5. The Hall–Kier alpha value is -1.26. The normalized spacial score (nSPS) is 17.7. The van der Waals surface area contributed by atoms with Gasteiger partial charge in [-0.1, -0.05) is 11.6 Å². The maximum atomic E-state index is 9.56. The molecule has 0 aliphatic carbocycles. The van der Waals surface area contributed by atoms with Gasteiger partial charge in [0.15, 0.2) is 5.15 Å². The zero-order valence-electron chi connectivity index (χ0n) is 9.36. The summed E-state index contributed by atoms with van der Waals surface area (Å²) < 4.78 is 1.91. The van der Waals surface area contributed by atoms with E-state index in [0.29, 0.717) is 11.1 Å². The van der Waals surface area contributed by atoms with Crippen molar-refractivity contribution in [2.24, 2.45) is 0 Å². The standard InChI is InChI=1S/C12H14ClN3O/c13-11-10-2-1-9(17)7-16(10)12(15-11)8-3-5-14-6-4-8/h1-2,7-8,14,17H,3-6H2. The Morgan fingerprint density at radius 3 is 2.88 bits per heavy atom. The average Bonchev–Trinajstić information content (AvgIpc) is 2.67. The van der Waals surface area contributed by atoms with Gasteiger partial charge in [-0.3, -0.25) is 4.40 Å². The van der Waals surface area contributed by atoms with Crippen LogP contribution in [-0.4, -0.2) is 27.6 Å². The number of pyridine rings is 1. The minimum Gasteiger partial charge on any atom is -0.506 e. The van der Waals surface area contributed by atoms with Gasteiger partial charge in [-0.25, -0.2) is 4.98 Å². The van der Waals surface area contributed by atoms with Crippen molar-refractivity contribution in [1.29, 1.82) is 0 Å². The molecule has 0 bridgehead atoms. The Bertz CT molecular complexity index is 546. The number of piperidine rings is 1. The summed E-state index contributed by atoms with van der Waals surface area (Å²) in [5, 5.41) is 13.4.